The molecule has 21 heavy (non-hydrogen) atoms. The lowest BCUT2D eigenvalue weighted by Gasteiger charge is -2.26. The fraction of sp³-hybridized carbons (Fsp3) is 0.562. The molecule has 1 heterocycles. The van der Waals surface area contributed by atoms with Crippen molar-refractivity contribution in [3.63, 3.8) is 0 Å². The molecule has 5 heteroatoms. The SMILES string of the molecule is CNCC(C)C(=O)NCC(C)(C)c1ccc2c(c1)OCO2. The van der Waals surface area contributed by atoms with Crippen LogP contribution in [0.5, 0.6) is 11.5 Å². The third kappa shape index (κ3) is 3.67. The van der Waals surface area contributed by atoms with Gasteiger partial charge in [-0.3, -0.25) is 4.79 Å². The quantitative estimate of drug-likeness (QED) is 0.837. The van der Waals surface area contributed by atoms with E-state index in [4.69, 9.17) is 9.47 Å². The fourth-order valence-electron chi connectivity index (χ4n) is 2.30. The van der Waals surface area contributed by atoms with Gasteiger partial charge in [0.05, 0.1) is 0 Å². The van der Waals surface area contributed by atoms with E-state index in [9.17, 15) is 4.79 Å². The van der Waals surface area contributed by atoms with Crippen molar-refractivity contribution in [3.05, 3.63) is 23.8 Å². The fourth-order valence-corrected chi connectivity index (χ4v) is 2.30. The summed E-state index contributed by atoms with van der Waals surface area (Å²) in [7, 11) is 1.85. The molecular formula is C16H24N2O3. The van der Waals surface area contributed by atoms with Gasteiger partial charge in [-0.05, 0) is 24.7 Å². The second-order valence-corrected chi connectivity index (χ2v) is 6.13. The molecule has 1 amide bonds. The monoisotopic (exact) mass is 292 g/mol. The van der Waals surface area contributed by atoms with Gasteiger partial charge < -0.3 is 20.1 Å². The minimum Gasteiger partial charge on any atom is -0.454 e. The first-order valence-electron chi connectivity index (χ1n) is 7.26. The summed E-state index contributed by atoms with van der Waals surface area (Å²) < 4.78 is 10.7. The lowest BCUT2D eigenvalue weighted by molar-refractivity contribution is -0.124. The first-order chi connectivity index (χ1) is 9.94. The molecule has 1 atom stereocenters. The average Bonchev–Trinajstić information content (AvgIpc) is 2.92. The smallest absolute Gasteiger partial charge is 0.231 e. The molecule has 0 spiro atoms. The highest BCUT2D eigenvalue weighted by Crippen LogP contribution is 2.36. The van der Waals surface area contributed by atoms with Crippen LogP contribution in [-0.4, -0.2) is 32.8 Å². The van der Waals surface area contributed by atoms with Crippen LogP contribution in [0, 0.1) is 5.92 Å². The number of hydrogen-bond acceptors (Lipinski definition) is 4. The molecule has 116 valence electrons. The Bertz CT molecular complexity index is 514. The van der Waals surface area contributed by atoms with E-state index >= 15 is 0 Å². The van der Waals surface area contributed by atoms with Crippen molar-refractivity contribution in [3.8, 4) is 11.5 Å². The Labute approximate surface area is 126 Å². The summed E-state index contributed by atoms with van der Waals surface area (Å²) in [6, 6.07) is 5.94. The minimum absolute atomic E-state index is 0.0393. The van der Waals surface area contributed by atoms with E-state index in [0.29, 0.717) is 13.1 Å². The number of carbonyl (C=O) groups is 1. The summed E-state index contributed by atoms with van der Waals surface area (Å²) in [6.45, 7) is 7.66. The van der Waals surface area contributed by atoms with Gasteiger partial charge in [0.2, 0.25) is 12.7 Å². The van der Waals surface area contributed by atoms with Crippen molar-refractivity contribution in [1.82, 2.24) is 10.6 Å². The summed E-state index contributed by atoms with van der Waals surface area (Å²) in [4.78, 5) is 12.0. The number of amides is 1. The van der Waals surface area contributed by atoms with Crippen LogP contribution >= 0.6 is 0 Å². The zero-order valence-corrected chi connectivity index (χ0v) is 13.2. The highest BCUT2D eigenvalue weighted by molar-refractivity contribution is 5.78. The number of nitrogens with one attached hydrogen (secondary N) is 2. The Morgan fingerprint density at radius 2 is 2.05 bits per heavy atom. The summed E-state index contributed by atoms with van der Waals surface area (Å²) in [6.07, 6.45) is 0. The number of fused-ring (bicyclic) bond motifs is 1. The maximum absolute atomic E-state index is 12.0. The predicted molar refractivity (Wildman–Crippen MR) is 81.7 cm³/mol. The van der Waals surface area contributed by atoms with Gasteiger partial charge in [0, 0.05) is 24.4 Å². The van der Waals surface area contributed by atoms with Crippen LogP contribution in [-0.2, 0) is 10.2 Å². The van der Waals surface area contributed by atoms with Crippen molar-refractivity contribution in [2.45, 2.75) is 26.2 Å². The molecule has 0 aliphatic carbocycles. The van der Waals surface area contributed by atoms with Crippen molar-refractivity contribution >= 4 is 5.91 Å². The summed E-state index contributed by atoms with van der Waals surface area (Å²) in [5.74, 6) is 1.58. The largest absolute Gasteiger partial charge is 0.454 e. The molecule has 1 aromatic carbocycles. The van der Waals surface area contributed by atoms with E-state index in [2.05, 4.69) is 24.5 Å². The zero-order valence-electron chi connectivity index (χ0n) is 13.2. The second-order valence-electron chi connectivity index (χ2n) is 6.13. The predicted octanol–water partition coefficient (Wildman–Crippen LogP) is 1.66. The Balaban J connectivity index is 2.00. The maximum Gasteiger partial charge on any atom is 0.231 e. The first kappa shape index (κ1) is 15.6. The van der Waals surface area contributed by atoms with E-state index in [1.54, 1.807) is 0 Å². The second kappa shape index (κ2) is 6.35. The molecule has 0 saturated heterocycles. The minimum atomic E-state index is -0.171. The van der Waals surface area contributed by atoms with E-state index in [1.165, 1.54) is 0 Å². The van der Waals surface area contributed by atoms with Gasteiger partial charge in [0.15, 0.2) is 11.5 Å². The number of rotatable bonds is 6. The molecule has 0 radical (unpaired) electrons. The third-order valence-corrected chi connectivity index (χ3v) is 3.82. The van der Waals surface area contributed by atoms with Crippen LogP contribution in [0.25, 0.3) is 0 Å². The Hall–Kier alpha value is -1.75. The molecule has 1 aromatic rings. The Kier molecular flexibility index (Phi) is 4.73. The lowest BCUT2D eigenvalue weighted by Crippen LogP contribution is -2.41. The van der Waals surface area contributed by atoms with Crippen molar-refractivity contribution < 1.29 is 14.3 Å². The topological polar surface area (TPSA) is 59.6 Å². The van der Waals surface area contributed by atoms with Crippen LogP contribution in [0.2, 0.25) is 0 Å². The van der Waals surface area contributed by atoms with Crippen LogP contribution < -0.4 is 20.1 Å². The van der Waals surface area contributed by atoms with E-state index < -0.39 is 0 Å². The first-order valence-corrected chi connectivity index (χ1v) is 7.26. The molecular weight excluding hydrogens is 268 g/mol. The van der Waals surface area contributed by atoms with Crippen molar-refractivity contribution in [2.24, 2.45) is 5.92 Å². The maximum atomic E-state index is 12.0. The number of hydrogen-bond donors (Lipinski definition) is 2. The summed E-state index contributed by atoms with van der Waals surface area (Å²) in [5.41, 5.74) is 0.948. The summed E-state index contributed by atoms with van der Waals surface area (Å²) in [5, 5.41) is 6.04. The van der Waals surface area contributed by atoms with Gasteiger partial charge in [-0.15, -0.1) is 0 Å². The van der Waals surface area contributed by atoms with Crippen LogP contribution in [0.15, 0.2) is 18.2 Å². The molecule has 0 fully saturated rings. The van der Waals surface area contributed by atoms with Gasteiger partial charge in [-0.25, -0.2) is 0 Å². The normalized spacial score (nSPS) is 14.9. The van der Waals surface area contributed by atoms with Crippen molar-refractivity contribution in [2.75, 3.05) is 26.9 Å². The standard InChI is InChI=1S/C16H24N2O3/c1-11(8-17-4)15(19)18-9-16(2,3)12-5-6-13-14(7-12)21-10-20-13/h5-7,11,17H,8-10H2,1-4H3,(H,18,19). The zero-order chi connectivity index (χ0) is 15.5. The van der Waals surface area contributed by atoms with Gasteiger partial charge in [-0.2, -0.15) is 0 Å². The summed E-state index contributed by atoms with van der Waals surface area (Å²) >= 11 is 0. The van der Waals surface area contributed by atoms with Gasteiger partial charge >= 0.3 is 0 Å². The van der Waals surface area contributed by atoms with Crippen LogP contribution in [0.1, 0.15) is 26.3 Å². The van der Waals surface area contributed by atoms with E-state index in [-0.39, 0.29) is 24.0 Å². The molecule has 5 nitrogen and oxygen atoms in total. The molecule has 2 rings (SSSR count). The molecule has 0 bridgehead atoms. The highest BCUT2D eigenvalue weighted by atomic mass is 16.7. The van der Waals surface area contributed by atoms with E-state index in [0.717, 1.165) is 17.1 Å². The number of carbonyl (C=O) groups excluding carboxylic acids is 1. The third-order valence-electron chi connectivity index (χ3n) is 3.82. The van der Waals surface area contributed by atoms with E-state index in [1.807, 2.05) is 32.2 Å². The van der Waals surface area contributed by atoms with Gasteiger partial charge in [0.1, 0.15) is 0 Å². The molecule has 1 aliphatic heterocycles. The highest BCUT2D eigenvalue weighted by Gasteiger charge is 2.25. The molecule has 1 aliphatic rings. The lowest BCUT2D eigenvalue weighted by atomic mass is 9.84. The average molecular weight is 292 g/mol. The van der Waals surface area contributed by atoms with Gasteiger partial charge in [-0.1, -0.05) is 26.8 Å². The number of benzene rings is 1. The Morgan fingerprint density at radius 3 is 2.76 bits per heavy atom. The van der Waals surface area contributed by atoms with Crippen LogP contribution in [0.4, 0.5) is 0 Å². The van der Waals surface area contributed by atoms with Crippen LogP contribution in [0.3, 0.4) is 0 Å². The molecule has 1 unspecified atom stereocenters. The van der Waals surface area contributed by atoms with Gasteiger partial charge in [0.25, 0.3) is 0 Å². The number of ether oxygens (including phenoxy) is 2. The molecule has 2 N–H and O–H groups in total. The molecule has 0 aromatic heterocycles. The molecule has 0 saturated carbocycles. The van der Waals surface area contributed by atoms with Crippen molar-refractivity contribution in [1.29, 1.82) is 0 Å². The Morgan fingerprint density at radius 1 is 1.33 bits per heavy atom.